The standard InChI is InChI=1S/C11H25N3O.HI/c1-5-10(6-2)9-14-11(12-3)13-7-8-15-4;/h10H,5-9H2,1-4H3,(H2,12,13,14);1H. The van der Waals surface area contributed by atoms with Crippen molar-refractivity contribution in [2.75, 3.05) is 33.9 Å². The normalized spacial score (nSPS) is 11.2. The molecule has 0 saturated carbocycles. The Morgan fingerprint density at radius 1 is 1.25 bits per heavy atom. The van der Waals surface area contributed by atoms with E-state index in [1.807, 2.05) is 0 Å². The van der Waals surface area contributed by atoms with Crippen LogP contribution >= 0.6 is 24.0 Å². The second kappa shape index (κ2) is 13.0. The van der Waals surface area contributed by atoms with Crippen molar-refractivity contribution in [1.29, 1.82) is 0 Å². The highest BCUT2D eigenvalue weighted by molar-refractivity contribution is 14.0. The Labute approximate surface area is 117 Å². The van der Waals surface area contributed by atoms with Gasteiger partial charge >= 0.3 is 0 Å². The molecule has 4 nitrogen and oxygen atoms in total. The fraction of sp³-hybridized carbons (Fsp3) is 0.909. The summed E-state index contributed by atoms with van der Waals surface area (Å²) in [5.41, 5.74) is 0. The number of aliphatic imine (C=N–C) groups is 1. The van der Waals surface area contributed by atoms with Gasteiger partial charge in [-0.3, -0.25) is 4.99 Å². The predicted molar refractivity (Wildman–Crippen MR) is 80.7 cm³/mol. The first-order chi connectivity index (χ1) is 7.28. The Bertz CT molecular complexity index is 173. The van der Waals surface area contributed by atoms with Crippen LogP contribution in [0.15, 0.2) is 4.99 Å². The number of guanidine groups is 1. The van der Waals surface area contributed by atoms with E-state index >= 15 is 0 Å². The Morgan fingerprint density at radius 2 is 1.88 bits per heavy atom. The summed E-state index contributed by atoms with van der Waals surface area (Å²) in [4.78, 5) is 4.14. The molecule has 0 aliphatic carbocycles. The average Bonchev–Trinajstić information content (AvgIpc) is 2.28. The molecule has 2 N–H and O–H groups in total. The van der Waals surface area contributed by atoms with Gasteiger partial charge in [0.2, 0.25) is 0 Å². The first-order valence-electron chi connectivity index (χ1n) is 5.71. The van der Waals surface area contributed by atoms with Gasteiger partial charge in [0.25, 0.3) is 0 Å². The van der Waals surface area contributed by atoms with Crippen LogP contribution in [-0.2, 0) is 4.74 Å². The number of nitrogens with one attached hydrogen (secondary N) is 2. The van der Waals surface area contributed by atoms with Gasteiger partial charge in [0.1, 0.15) is 0 Å². The Hall–Kier alpha value is -0.0400. The minimum Gasteiger partial charge on any atom is -0.383 e. The topological polar surface area (TPSA) is 45.7 Å². The molecule has 0 aromatic carbocycles. The van der Waals surface area contributed by atoms with Crippen LogP contribution in [0.25, 0.3) is 0 Å². The van der Waals surface area contributed by atoms with Gasteiger partial charge < -0.3 is 15.4 Å². The molecule has 0 amide bonds. The van der Waals surface area contributed by atoms with E-state index in [0.29, 0.717) is 6.61 Å². The van der Waals surface area contributed by atoms with Crippen molar-refractivity contribution in [2.45, 2.75) is 26.7 Å². The molecule has 0 unspecified atom stereocenters. The third kappa shape index (κ3) is 9.21. The molecule has 0 aliphatic rings. The van der Waals surface area contributed by atoms with Crippen LogP contribution < -0.4 is 10.6 Å². The molecule has 98 valence electrons. The van der Waals surface area contributed by atoms with E-state index < -0.39 is 0 Å². The zero-order valence-corrected chi connectivity index (χ0v) is 13.2. The van der Waals surface area contributed by atoms with Crippen molar-refractivity contribution in [3.63, 3.8) is 0 Å². The highest BCUT2D eigenvalue weighted by Crippen LogP contribution is 2.04. The second-order valence-corrected chi connectivity index (χ2v) is 3.56. The molecule has 0 bridgehead atoms. The van der Waals surface area contributed by atoms with Gasteiger partial charge in [-0.2, -0.15) is 0 Å². The Kier molecular flexibility index (Phi) is 14.9. The van der Waals surface area contributed by atoms with Gasteiger partial charge in [0.15, 0.2) is 5.96 Å². The lowest BCUT2D eigenvalue weighted by Gasteiger charge is -2.16. The van der Waals surface area contributed by atoms with Crippen LogP contribution in [0.1, 0.15) is 26.7 Å². The molecule has 0 aliphatic heterocycles. The predicted octanol–water partition coefficient (Wildman–Crippen LogP) is 1.85. The Morgan fingerprint density at radius 3 is 2.31 bits per heavy atom. The van der Waals surface area contributed by atoms with Gasteiger partial charge in [-0.1, -0.05) is 26.7 Å². The van der Waals surface area contributed by atoms with Gasteiger partial charge in [-0.15, -0.1) is 24.0 Å². The van der Waals surface area contributed by atoms with Crippen LogP contribution in [0.5, 0.6) is 0 Å². The maximum atomic E-state index is 4.96. The lowest BCUT2D eigenvalue weighted by Crippen LogP contribution is -2.40. The van der Waals surface area contributed by atoms with Gasteiger partial charge in [0, 0.05) is 27.2 Å². The molecule has 0 aromatic heterocycles. The van der Waals surface area contributed by atoms with Crippen molar-refractivity contribution in [3.8, 4) is 0 Å². The zero-order valence-electron chi connectivity index (χ0n) is 10.9. The van der Waals surface area contributed by atoms with E-state index in [4.69, 9.17) is 4.74 Å². The number of ether oxygens (including phenoxy) is 1. The Balaban J connectivity index is 0. The molecule has 0 spiro atoms. The van der Waals surface area contributed by atoms with Crippen LogP contribution in [0, 0.1) is 5.92 Å². The molecule has 0 saturated heterocycles. The van der Waals surface area contributed by atoms with Crippen molar-refractivity contribution in [2.24, 2.45) is 10.9 Å². The third-order valence-corrected chi connectivity index (χ3v) is 2.54. The van der Waals surface area contributed by atoms with Crippen molar-refractivity contribution in [1.82, 2.24) is 10.6 Å². The fourth-order valence-corrected chi connectivity index (χ4v) is 1.31. The molecular weight excluding hydrogens is 317 g/mol. The maximum Gasteiger partial charge on any atom is 0.191 e. The molecule has 0 heterocycles. The highest BCUT2D eigenvalue weighted by atomic mass is 127. The SMILES string of the molecule is CCC(CC)CNC(=NC)NCCOC.I. The molecule has 0 radical (unpaired) electrons. The highest BCUT2D eigenvalue weighted by Gasteiger charge is 2.04. The molecule has 16 heavy (non-hydrogen) atoms. The molecule has 0 rings (SSSR count). The van der Waals surface area contributed by atoms with E-state index in [-0.39, 0.29) is 24.0 Å². The summed E-state index contributed by atoms with van der Waals surface area (Å²) in [5, 5.41) is 6.50. The smallest absolute Gasteiger partial charge is 0.191 e. The maximum absolute atomic E-state index is 4.96. The number of rotatable bonds is 7. The van der Waals surface area contributed by atoms with E-state index in [1.54, 1.807) is 14.2 Å². The van der Waals surface area contributed by atoms with E-state index in [0.717, 1.165) is 25.0 Å². The lowest BCUT2D eigenvalue weighted by atomic mass is 10.0. The fourth-order valence-electron chi connectivity index (χ4n) is 1.31. The molecule has 0 fully saturated rings. The number of hydrogen-bond acceptors (Lipinski definition) is 2. The molecular formula is C11H26IN3O. The summed E-state index contributed by atoms with van der Waals surface area (Å²) in [6.45, 7) is 6.92. The zero-order chi connectivity index (χ0) is 11.5. The largest absolute Gasteiger partial charge is 0.383 e. The van der Waals surface area contributed by atoms with E-state index in [1.165, 1.54) is 12.8 Å². The van der Waals surface area contributed by atoms with Crippen LogP contribution in [0.3, 0.4) is 0 Å². The number of nitrogens with zero attached hydrogens (tertiary/aromatic N) is 1. The lowest BCUT2D eigenvalue weighted by molar-refractivity contribution is 0.203. The third-order valence-electron chi connectivity index (χ3n) is 2.54. The monoisotopic (exact) mass is 343 g/mol. The summed E-state index contributed by atoms with van der Waals surface area (Å²) < 4.78 is 4.96. The first-order valence-corrected chi connectivity index (χ1v) is 5.71. The minimum absolute atomic E-state index is 0. The van der Waals surface area contributed by atoms with Crippen molar-refractivity contribution in [3.05, 3.63) is 0 Å². The molecule has 0 aromatic rings. The summed E-state index contributed by atoms with van der Waals surface area (Å²) in [6.07, 6.45) is 2.41. The van der Waals surface area contributed by atoms with Crippen LogP contribution in [-0.4, -0.2) is 39.8 Å². The van der Waals surface area contributed by atoms with Crippen LogP contribution in [0.4, 0.5) is 0 Å². The molecule has 5 heteroatoms. The minimum atomic E-state index is 0. The summed E-state index contributed by atoms with van der Waals surface area (Å²) in [6, 6.07) is 0. The van der Waals surface area contributed by atoms with Crippen molar-refractivity contribution >= 4 is 29.9 Å². The van der Waals surface area contributed by atoms with E-state index in [9.17, 15) is 0 Å². The number of halogens is 1. The second-order valence-electron chi connectivity index (χ2n) is 3.56. The van der Waals surface area contributed by atoms with Crippen LogP contribution in [0.2, 0.25) is 0 Å². The quantitative estimate of drug-likeness (QED) is 0.321. The van der Waals surface area contributed by atoms with E-state index in [2.05, 4.69) is 29.5 Å². The average molecular weight is 343 g/mol. The summed E-state index contributed by atoms with van der Waals surface area (Å²) in [7, 11) is 3.48. The first kappa shape index (κ1) is 18.3. The summed E-state index contributed by atoms with van der Waals surface area (Å²) >= 11 is 0. The van der Waals surface area contributed by atoms with Gasteiger partial charge in [-0.05, 0) is 5.92 Å². The number of hydrogen-bond donors (Lipinski definition) is 2. The molecule has 0 atom stereocenters. The van der Waals surface area contributed by atoms with Gasteiger partial charge in [-0.25, -0.2) is 0 Å². The van der Waals surface area contributed by atoms with Crippen molar-refractivity contribution < 1.29 is 4.74 Å². The van der Waals surface area contributed by atoms with Gasteiger partial charge in [0.05, 0.1) is 6.61 Å². The summed E-state index contributed by atoms with van der Waals surface area (Å²) in [5.74, 6) is 1.59. The number of methoxy groups -OCH3 is 1.